The van der Waals surface area contributed by atoms with Crippen molar-refractivity contribution in [3.05, 3.63) is 39.4 Å². The lowest BCUT2D eigenvalue weighted by Crippen LogP contribution is -1.97. The van der Waals surface area contributed by atoms with Crippen molar-refractivity contribution in [2.75, 3.05) is 6.61 Å². The average Bonchev–Trinajstić information content (AvgIpc) is 2.69. The molecule has 0 radical (unpaired) electrons. The molecular weight excluding hydrogens is 268 g/mol. The number of nitrogens with zero attached hydrogens (tertiary/aromatic N) is 2. The molecule has 1 heterocycles. The number of hydrogen-bond donors (Lipinski definition) is 2. The van der Waals surface area contributed by atoms with Crippen LogP contribution < -0.4 is 4.74 Å². The van der Waals surface area contributed by atoms with E-state index in [1.807, 2.05) is 31.2 Å². The van der Waals surface area contributed by atoms with E-state index in [1.54, 1.807) is 6.21 Å². The van der Waals surface area contributed by atoms with Gasteiger partial charge in [-0.25, -0.2) is 0 Å². The Balaban J connectivity index is 2.35. The van der Waals surface area contributed by atoms with Gasteiger partial charge in [-0.2, -0.15) is 9.78 Å². The molecule has 2 rings (SSSR count). The fraction of sp³-hybridized carbons (Fsp3) is 0.182. The van der Waals surface area contributed by atoms with Crippen molar-refractivity contribution in [2.24, 2.45) is 5.10 Å². The molecule has 0 aliphatic carbocycles. The van der Waals surface area contributed by atoms with Crippen molar-refractivity contribution < 1.29 is 4.74 Å². The van der Waals surface area contributed by atoms with Crippen molar-refractivity contribution in [3.8, 4) is 5.75 Å². The van der Waals surface area contributed by atoms with Gasteiger partial charge >= 0.3 is 0 Å². The number of benzene rings is 1. The van der Waals surface area contributed by atoms with Gasteiger partial charge in [-0.15, -0.1) is 0 Å². The van der Waals surface area contributed by atoms with Gasteiger partial charge in [0.15, 0.2) is 0 Å². The van der Waals surface area contributed by atoms with Crippen LogP contribution in [0.2, 0.25) is 0 Å². The Bertz CT molecular complexity index is 640. The molecule has 5 nitrogen and oxygen atoms in total. The van der Waals surface area contributed by atoms with Crippen molar-refractivity contribution in [3.63, 3.8) is 0 Å². The number of rotatable bonds is 4. The molecule has 0 spiro atoms. The highest BCUT2D eigenvalue weighted by atomic mass is 32.1. The monoisotopic (exact) mass is 280 g/mol. The maximum atomic E-state index is 5.50. The first-order valence-electron chi connectivity index (χ1n) is 5.38. The highest BCUT2D eigenvalue weighted by Crippen LogP contribution is 2.15. The molecule has 2 N–H and O–H groups in total. The smallest absolute Gasteiger partial charge is 0.215 e. The van der Waals surface area contributed by atoms with Crippen LogP contribution in [0.25, 0.3) is 0 Å². The summed E-state index contributed by atoms with van der Waals surface area (Å²) in [4.78, 5) is 0. The summed E-state index contributed by atoms with van der Waals surface area (Å²) in [5.41, 5.74) is 0.872. The number of nitrogens with one attached hydrogen (secondary N) is 2. The Morgan fingerprint density at radius 1 is 1.28 bits per heavy atom. The van der Waals surface area contributed by atoms with E-state index in [-0.39, 0.29) is 0 Å². The molecule has 0 fully saturated rings. The summed E-state index contributed by atoms with van der Waals surface area (Å²) in [6.45, 7) is 2.54. The first-order valence-corrected chi connectivity index (χ1v) is 6.20. The molecule has 94 valence electrons. The van der Waals surface area contributed by atoms with Gasteiger partial charge in [-0.1, -0.05) is 12.1 Å². The Kier molecular flexibility index (Phi) is 4.06. The van der Waals surface area contributed by atoms with Gasteiger partial charge in [-0.05, 0) is 43.5 Å². The molecule has 0 bridgehead atoms. The maximum absolute atomic E-state index is 5.50. The van der Waals surface area contributed by atoms with E-state index in [2.05, 4.69) is 15.3 Å². The van der Waals surface area contributed by atoms with Crippen LogP contribution in [0, 0.1) is 9.54 Å². The zero-order chi connectivity index (χ0) is 13.0. The van der Waals surface area contributed by atoms with Gasteiger partial charge in [0, 0.05) is 5.56 Å². The number of para-hydroxylation sites is 1. The summed E-state index contributed by atoms with van der Waals surface area (Å²) in [6.07, 6.45) is 1.66. The molecule has 0 unspecified atom stereocenters. The zero-order valence-corrected chi connectivity index (χ0v) is 11.3. The quantitative estimate of drug-likeness (QED) is 0.669. The molecule has 0 saturated heterocycles. The summed E-state index contributed by atoms with van der Waals surface area (Å²) in [5, 5.41) is 9.65. The first kappa shape index (κ1) is 12.7. The molecule has 18 heavy (non-hydrogen) atoms. The van der Waals surface area contributed by atoms with Crippen LogP contribution >= 0.6 is 24.4 Å². The normalized spacial score (nSPS) is 10.9. The zero-order valence-electron chi connectivity index (χ0n) is 9.71. The summed E-state index contributed by atoms with van der Waals surface area (Å²) >= 11 is 10.1. The number of hydrogen-bond acceptors (Lipinski definition) is 4. The van der Waals surface area contributed by atoms with E-state index in [0.29, 0.717) is 16.1 Å². The van der Waals surface area contributed by atoms with Crippen LogP contribution in [0.1, 0.15) is 12.5 Å². The summed E-state index contributed by atoms with van der Waals surface area (Å²) in [6, 6.07) is 7.64. The highest BCUT2D eigenvalue weighted by molar-refractivity contribution is 7.72. The van der Waals surface area contributed by atoms with E-state index in [9.17, 15) is 0 Å². The second-order valence-corrected chi connectivity index (χ2v) is 4.16. The molecule has 1 aromatic carbocycles. The maximum Gasteiger partial charge on any atom is 0.215 e. The Hall–Kier alpha value is -1.73. The standard InChI is InChI=1S/C11H12N4OS2/c1-2-16-9-6-4-3-5-8(9)7-12-15-10(17)13-14-11(15)18/h3-7H,2H2,1H3,(H,13,17)(H,14,18)/b12-7-. The molecule has 0 atom stereocenters. The largest absolute Gasteiger partial charge is 0.493 e. The summed E-state index contributed by atoms with van der Waals surface area (Å²) < 4.78 is 7.78. The van der Waals surface area contributed by atoms with Crippen LogP contribution in [0.15, 0.2) is 29.4 Å². The Morgan fingerprint density at radius 3 is 2.61 bits per heavy atom. The number of aromatic nitrogens is 3. The Labute approximate surface area is 114 Å². The van der Waals surface area contributed by atoms with Crippen LogP contribution in [-0.2, 0) is 0 Å². The molecule has 2 aromatic rings. The second-order valence-electron chi connectivity index (χ2n) is 3.39. The summed E-state index contributed by atoms with van der Waals surface area (Å²) in [5.74, 6) is 0.778. The predicted molar refractivity (Wildman–Crippen MR) is 75.4 cm³/mol. The minimum Gasteiger partial charge on any atom is -0.493 e. The minimum absolute atomic E-state index is 0.421. The van der Waals surface area contributed by atoms with Crippen molar-refractivity contribution in [1.82, 2.24) is 14.9 Å². The fourth-order valence-electron chi connectivity index (χ4n) is 1.40. The highest BCUT2D eigenvalue weighted by Gasteiger charge is 1.99. The Morgan fingerprint density at radius 2 is 1.94 bits per heavy atom. The third-order valence-electron chi connectivity index (χ3n) is 2.19. The van der Waals surface area contributed by atoms with Crippen molar-refractivity contribution in [2.45, 2.75) is 6.92 Å². The number of aromatic amines is 2. The van der Waals surface area contributed by atoms with E-state index in [4.69, 9.17) is 29.2 Å². The van der Waals surface area contributed by atoms with Gasteiger partial charge < -0.3 is 4.74 Å². The predicted octanol–water partition coefficient (Wildman–Crippen LogP) is 2.88. The lowest BCUT2D eigenvalue weighted by atomic mass is 10.2. The van der Waals surface area contributed by atoms with Gasteiger partial charge in [0.2, 0.25) is 9.54 Å². The molecule has 0 saturated carbocycles. The second kappa shape index (κ2) is 5.74. The van der Waals surface area contributed by atoms with E-state index in [0.717, 1.165) is 11.3 Å². The van der Waals surface area contributed by atoms with Gasteiger partial charge in [-0.3, -0.25) is 10.2 Å². The minimum atomic E-state index is 0.421. The number of H-pyrrole nitrogens is 2. The average molecular weight is 280 g/mol. The van der Waals surface area contributed by atoms with Gasteiger partial charge in [0.25, 0.3) is 0 Å². The third-order valence-corrected chi connectivity index (χ3v) is 2.74. The van der Waals surface area contributed by atoms with Crippen LogP contribution in [0.3, 0.4) is 0 Å². The third kappa shape index (κ3) is 2.74. The van der Waals surface area contributed by atoms with E-state index in [1.165, 1.54) is 4.68 Å². The van der Waals surface area contributed by atoms with Crippen LogP contribution in [0.4, 0.5) is 0 Å². The van der Waals surface area contributed by atoms with Crippen molar-refractivity contribution >= 4 is 30.7 Å². The summed E-state index contributed by atoms with van der Waals surface area (Å²) in [7, 11) is 0. The number of ether oxygens (including phenoxy) is 1. The SMILES string of the molecule is CCOc1ccccc1/C=N\n1c(=S)[nH][nH]c1=S. The molecule has 1 aromatic heterocycles. The lowest BCUT2D eigenvalue weighted by Gasteiger charge is -2.05. The molecular formula is C11H12N4OS2. The first-order chi connectivity index (χ1) is 8.72. The van der Waals surface area contributed by atoms with Gasteiger partial charge in [0.1, 0.15) is 5.75 Å². The fourth-order valence-corrected chi connectivity index (χ4v) is 1.84. The van der Waals surface area contributed by atoms with E-state index >= 15 is 0 Å². The topological polar surface area (TPSA) is 58.1 Å². The molecule has 7 heteroatoms. The molecule has 0 aliphatic heterocycles. The molecule has 0 amide bonds. The van der Waals surface area contributed by atoms with E-state index < -0.39 is 0 Å². The molecule has 0 aliphatic rings. The van der Waals surface area contributed by atoms with Gasteiger partial charge in [0.05, 0.1) is 12.8 Å². The van der Waals surface area contributed by atoms with Crippen molar-refractivity contribution in [1.29, 1.82) is 0 Å². The van der Waals surface area contributed by atoms with Crippen LogP contribution in [0.5, 0.6) is 5.75 Å². The van der Waals surface area contributed by atoms with Crippen LogP contribution in [-0.4, -0.2) is 27.7 Å². The lowest BCUT2D eigenvalue weighted by molar-refractivity contribution is 0.340.